The summed E-state index contributed by atoms with van der Waals surface area (Å²) >= 11 is 7.59. The van der Waals surface area contributed by atoms with Crippen LogP contribution < -0.4 is 15.4 Å². The van der Waals surface area contributed by atoms with Gasteiger partial charge in [0, 0.05) is 16.3 Å². The minimum atomic E-state index is -0.424. The lowest BCUT2D eigenvalue weighted by Gasteiger charge is -2.14. The Morgan fingerprint density at radius 3 is 2.37 bits per heavy atom. The Labute approximate surface area is 246 Å². The van der Waals surface area contributed by atoms with Crippen molar-refractivity contribution in [3.05, 3.63) is 94.3 Å². The van der Waals surface area contributed by atoms with E-state index in [0.717, 1.165) is 11.3 Å². The van der Waals surface area contributed by atoms with E-state index >= 15 is 0 Å². The third-order valence-electron chi connectivity index (χ3n) is 5.95. The highest BCUT2D eigenvalue weighted by molar-refractivity contribution is 7.99. The van der Waals surface area contributed by atoms with Crippen molar-refractivity contribution in [2.24, 2.45) is 0 Å². The number of ether oxygens (including phenoxy) is 2. The van der Waals surface area contributed by atoms with Crippen molar-refractivity contribution in [2.75, 3.05) is 24.8 Å². The number of methoxy groups -OCH3 is 1. The molecule has 0 aliphatic rings. The fourth-order valence-electron chi connectivity index (χ4n) is 3.82. The predicted molar refractivity (Wildman–Crippen MR) is 157 cm³/mol. The summed E-state index contributed by atoms with van der Waals surface area (Å²) in [5.74, 6) is 0.174. The summed E-state index contributed by atoms with van der Waals surface area (Å²) in [6.45, 7) is 3.98. The van der Waals surface area contributed by atoms with Crippen LogP contribution in [-0.2, 0) is 16.1 Å². The SMILES string of the molecule is CCOC(=O)c1ccc(NC(=O)CSc2nnc(CNC(=O)c3ccc(OC)cc3)n2-c2cccc(Cl)c2C)cc1. The van der Waals surface area contributed by atoms with Gasteiger partial charge >= 0.3 is 5.97 Å². The van der Waals surface area contributed by atoms with Gasteiger partial charge in [0.1, 0.15) is 5.75 Å². The predicted octanol–water partition coefficient (Wildman–Crippen LogP) is 5.08. The van der Waals surface area contributed by atoms with Crippen LogP contribution in [-0.4, -0.2) is 52.0 Å². The Morgan fingerprint density at radius 2 is 1.68 bits per heavy atom. The van der Waals surface area contributed by atoms with Gasteiger partial charge < -0.3 is 20.1 Å². The van der Waals surface area contributed by atoms with Crippen molar-refractivity contribution in [3.8, 4) is 11.4 Å². The highest BCUT2D eigenvalue weighted by Gasteiger charge is 2.19. The second kappa shape index (κ2) is 13.8. The molecule has 4 rings (SSSR count). The van der Waals surface area contributed by atoms with Gasteiger partial charge in [-0.2, -0.15) is 0 Å². The molecule has 0 atom stereocenters. The van der Waals surface area contributed by atoms with E-state index in [9.17, 15) is 14.4 Å². The minimum absolute atomic E-state index is 0.0373. The van der Waals surface area contributed by atoms with E-state index in [1.54, 1.807) is 73.2 Å². The summed E-state index contributed by atoms with van der Waals surface area (Å²) in [6, 6.07) is 18.7. The maximum absolute atomic E-state index is 12.8. The van der Waals surface area contributed by atoms with Crippen LogP contribution in [0, 0.1) is 6.92 Å². The molecule has 0 saturated heterocycles. The number of carbonyl (C=O) groups is 3. The number of aromatic nitrogens is 3. The van der Waals surface area contributed by atoms with Crippen molar-refractivity contribution in [1.82, 2.24) is 20.1 Å². The molecule has 1 heterocycles. The quantitative estimate of drug-likeness (QED) is 0.182. The highest BCUT2D eigenvalue weighted by Crippen LogP contribution is 2.28. The summed E-state index contributed by atoms with van der Waals surface area (Å²) < 4.78 is 11.9. The van der Waals surface area contributed by atoms with E-state index in [1.165, 1.54) is 11.8 Å². The number of amides is 2. The maximum atomic E-state index is 12.8. The number of hydrogen-bond acceptors (Lipinski definition) is 8. The van der Waals surface area contributed by atoms with E-state index in [2.05, 4.69) is 20.8 Å². The number of carbonyl (C=O) groups excluding carboxylic acids is 3. The number of nitrogens with one attached hydrogen (secondary N) is 2. The molecule has 0 radical (unpaired) electrons. The highest BCUT2D eigenvalue weighted by atomic mass is 35.5. The Balaban J connectivity index is 1.48. The second-order valence-electron chi connectivity index (χ2n) is 8.66. The van der Waals surface area contributed by atoms with Gasteiger partial charge in [-0.1, -0.05) is 29.4 Å². The first-order chi connectivity index (χ1) is 19.8. The molecule has 0 spiro atoms. The lowest BCUT2D eigenvalue weighted by atomic mass is 10.2. The van der Waals surface area contributed by atoms with Crippen molar-refractivity contribution >= 4 is 46.8 Å². The van der Waals surface area contributed by atoms with Gasteiger partial charge in [-0.05, 0) is 80.1 Å². The molecular weight excluding hydrogens is 566 g/mol. The third-order valence-corrected chi connectivity index (χ3v) is 7.29. The minimum Gasteiger partial charge on any atom is -0.497 e. The number of esters is 1. The summed E-state index contributed by atoms with van der Waals surface area (Å²) in [6.07, 6.45) is 0. The summed E-state index contributed by atoms with van der Waals surface area (Å²) in [5, 5.41) is 15.3. The standard InChI is InChI=1S/C29H28ClN5O5S/c1-4-40-28(38)20-8-12-21(13-9-20)32-26(36)17-41-29-34-33-25(35(29)24-7-5-6-23(30)18(24)2)16-31-27(37)19-10-14-22(39-3)15-11-19/h5-15H,4,16-17H2,1-3H3,(H,31,37)(H,32,36). The zero-order chi connectivity index (χ0) is 29.4. The van der Waals surface area contributed by atoms with Crippen LogP contribution in [0.15, 0.2) is 71.9 Å². The number of thioether (sulfide) groups is 1. The van der Waals surface area contributed by atoms with Crippen LogP contribution in [0.3, 0.4) is 0 Å². The molecule has 41 heavy (non-hydrogen) atoms. The van der Waals surface area contributed by atoms with Gasteiger partial charge in [0.05, 0.1) is 37.3 Å². The molecule has 1 aromatic heterocycles. The van der Waals surface area contributed by atoms with Gasteiger partial charge in [-0.15, -0.1) is 10.2 Å². The van der Waals surface area contributed by atoms with Gasteiger partial charge in [0.15, 0.2) is 11.0 Å². The van der Waals surface area contributed by atoms with Gasteiger partial charge in [0.25, 0.3) is 5.91 Å². The topological polar surface area (TPSA) is 124 Å². The Bertz CT molecular complexity index is 1540. The van der Waals surface area contributed by atoms with E-state index in [4.69, 9.17) is 21.1 Å². The van der Waals surface area contributed by atoms with Crippen molar-refractivity contribution < 1.29 is 23.9 Å². The summed E-state index contributed by atoms with van der Waals surface area (Å²) in [5.41, 5.74) is 2.93. The summed E-state index contributed by atoms with van der Waals surface area (Å²) in [4.78, 5) is 37.3. The second-order valence-corrected chi connectivity index (χ2v) is 10.0. The lowest BCUT2D eigenvalue weighted by Crippen LogP contribution is -2.24. The number of halogens is 1. The molecule has 0 unspecified atom stereocenters. The monoisotopic (exact) mass is 593 g/mol. The molecule has 4 aromatic rings. The van der Waals surface area contributed by atoms with Crippen molar-refractivity contribution in [3.63, 3.8) is 0 Å². The van der Waals surface area contributed by atoms with Crippen LogP contribution >= 0.6 is 23.4 Å². The zero-order valence-corrected chi connectivity index (χ0v) is 24.2. The van der Waals surface area contributed by atoms with E-state index in [-0.39, 0.29) is 30.7 Å². The first-order valence-electron chi connectivity index (χ1n) is 12.6. The van der Waals surface area contributed by atoms with Gasteiger partial charge in [-0.25, -0.2) is 4.79 Å². The lowest BCUT2D eigenvalue weighted by molar-refractivity contribution is -0.113. The molecule has 0 aliphatic carbocycles. The number of benzene rings is 3. The van der Waals surface area contributed by atoms with Crippen molar-refractivity contribution in [2.45, 2.75) is 25.5 Å². The molecule has 0 saturated carbocycles. The number of nitrogens with zero attached hydrogens (tertiary/aromatic N) is 3. The molecule has 3 aromatic carbocycles. The van der Waals surface area contributed by atoms with Crippen LogP contribution in [0.5, 0.6) is 5.75 Å². The average molecular weight is 594 g/mol. The first-order valence-corrected chi connectivity index (χ1v) is 14.0. The largest absolute Gasteiger partial charge is 0.497 e. The number of rotatable bonds is 11. The van der Waals surface area contributed by atoms with Gasteiger partial charge in [-0.3, -0.25) is 14.2 Å². The molecular formula is C29H28ClN5O5S. The molecule has 2 N–H and O–H groups in total. The smallest absolute Gasteiger partial charge is 0.338 e. The number of anilines is 1. The molecule has 12 heteroatoms. The molecule has 212 valence electrons. The summed E-state index contributed by atoms with van der Waals surface area (Å²) in [7, 11) is 1.56. The van der Waals surface area contributed by atoms with Crippen LogP contribution in [0.2, 0.25) is 5.02 Å². The molecule has 0 bridgehead atoms. The zero-order valence-electron chi connectivity index (χ0n) is 22.6. The number of hydrogen-bond donors (Lipinski definition) is 2. The average Bonchev–Trinajstić information content (AvgIpc) is 3.39. The molecule has 0 aliphatic heterocycles. The molecule has 10 nitrogen and oxygen atoms in total. The van der Waals surface area contributed by atoms with Crippen LogP contribution in [0.1, 0.15) is 39.0 Å². The fraction of sp³-hybridized carbons (Fsp3) is 0.207. The Morgan fingerprint density at radius 1 is 0.976 bits per heavy atom. The maximum Gasteiger partial charge on any atom is 0.338 e. The Kier molecular flexibility index (Phi) is 9.99. The van der Waals surface area contributed by atoms with Crippen LogP contribution in [0.25, 0.3) is 5.69 Å². The fourth-order valence-corrected chi connectivity index (χ4v) is 4.76. The van der Waals surface area contributed by atoms with E-state index in [1.807, 2.05) is 19.1 Å². The third kappa shape index (κ3) is 7.44. The Hall–Kier alpha value is -4.35. The normalized spacial score (nSPS) is 10.6. The van der Waals surface area contributed by atoms with E-state index < -0.39 is 5.97 Å². The van der Waals surface area contributed by atoms with Gasteiger partial charge in [0.2, 0.25) is 5.91 Å². The molecule has 2 amide bonds. The van der Waals surface area contributed by atoms with E-state index in [0.29, 0.717) is 38.6 Å². The first kappa shape index (κ1) is 29.6. The van der Waals surface area contributed by atoms with Crippen LogP contribution in [0.4, 0.5) is 5.69 Å². The molecule has 0 fully saturated rings. The van der Waals surface area contributed by atoms with Crippen molar-refractivity contribution in [1.29, 1.82) is 0 Å².